The Morgan fingerprint density at radius 3 is 2.40 bits per heavy atom. The van der Waals surface area contributed by atoms with Gasteiger partial charge in [0.25, 0.3) is 11.8 Å². The SMILES string of the molecule is COc1ccc(-n2nc(C)c3c4c(cnc32)C(=O)N(Cc2ccccc2)C4=O)cc1. The third kappa shape index (κ3) is 2.67. The number of hydrogen-bond donors (Lipinski definition) is 0. The van der Waals surface area contributed by atoms with Gasteiger partial charge in [-0.1, -0.05) is 30.3 Å². The maximum atomic E-state index is 13.2. The average Bonchev–Trinajstić information content (AvgIpc) is 3.24. The highest BCUT2D eigenvalue weighted by Crippen LogP contribution is 2.33. The number of nitrogens with zero attached hydrogens (tertiary/aromatic N) is 4. The van der Waals surface area contributed by atoms with Gasteiger partial charge >= 0.3 is 0 Å². The number of benzene rings is 2. The molecule has 0 N–H and O–H groups in total. The van der Waals surface area contributed by atoms with E-state index >= 15 is 0 Å². The van der Waals surface area contributed by atoms with Crippen LogP contribution in [-0.4, -0.2) is 38.6 Å². The van der Waals surface area contributed by atoms with Crippen molar-refractivity contribution in [1.82, 2.24) is 19.7 Å². The highest BCUT2D eigenvalue weighted by atomic mass is 16.5. The van der Waals surface area contributed by atoms with Gasteiger partial charge in [0, 0.05) is 6.20 Å². The molecule has 7 heteroatoms. The number of ether oxygens (including phenoxy) is 1. The van der Waals surface area contributed by atoms with Crippen LogP contribution in [0.5, 0.6) is 5.75 Å². The number of hydrogen-bond acceptors (Lipinski definition) is 5. The number of carbonyl (C=O) groups is 2. The highest BCUT2D eigenvalue weighted by molar-refractivity contribution is 6.26. The molecule has 0 saturated carbocycles. The van der Waals surface area contributed by atoms with Crippen LogP contribution in [0.3, 0.4) is 0 Å². The molecule has 7 nitrogen and oxygen atoms in total. The quantitative estimate of drug-likeness (QED) is 0.492. The molecule has 1 aliphatic rings. The molecule has 3 heterocycles. The topological polar surface area (TPSA) is 77.3 Å². The number of rotatable bonds is 4. The Morgan fingerprint density at radius 1 is 0.967 bits per heavy atom. The molecule has 30 heavy (non-hydrogen) atoms. The molecular weight excluding hydrogens is 380 g/mol. The molecular formula is C23H18N4O3. The maximum absolute atomic E-state index is 13.2. The Bertz CT molecular complexity index is 1290. The van der Waals surface area contributed by atoms with Crippen LogP contribution in [0.1, 0.15) is 32.0 Å². The van der Waals surface area contributed by atoms with Crippen molar-refractivity contribution >= 4 is 22.8 Å². The van der Waals surface area contributed by atoms with E-state index in [1.165, 1.54) is 11.1 Å². The molecule has 0 spiro atoms. The van der Waals surface area contributed by atoms with Gasteiger partial charge in [-0.05, 0) is 36.8 Å². The van der Waals surface area contributed by atoms with Gasteiger partial charge in [-0.15, -0.1) is 0 Å². The molecule has 0 aliphatic carbocycles. The highest BCUT2D eigenvalue weighted by Gasteiger charge is 2.39. The number of aromatic nitrogens is 3. The van der Waals surface area contributed by atoms with Crippen LogP contribution in [0, 0.1) is 6.92 Å². The molecule has 0 unspecified atom stereocenters. The van der Waals surface area contributed by atoms with Gasteiger partial charge in [-0.3, -0.25) is 14.5 Å². The molecule has 0 radical (unpaired) electrons. The second-order valence-electron chi connectivity index (χ2n) is 7.12. The van der Waals surface area contributed by atoms with Crippen LogP contribution in [0.2, 0.25) is 0 Å². The largest absolute Gasteiger partial charge is 0.497 e. The summed E-state index contributed by atoms with van der Waals surface area (Å²) in [6.45, 7) is 2.04. The Kier molecular flexibility index (Phi) is 4.10. The summed E-state index contributed by atoms with van der Waals surface area (Å²) in [6, 6.07) is 16.9. The zero-order chi connectivity index (χ0) is 20.8. The molecule has 0 fully saturated rings. The smallest absolute Gasteiger partial charge is 0.263 e. The molecule has 148 valence electrons. The zero-order valence-corrected chi connectivity index (χ0v) is 16.5. The fraction of sp³-hybridized carbons (Fsp3) is 0.130. The van der Waals surface area contributed by atoms with Gasteiger partial charge in [0.05, 0.1) is 41.5 Å². The van der Waals surface area contributed by atoms with Crippen molar-refractivity contribution in [1.29, 1.82) is 0 Å². The zero-order valence-electron chi connectivity index (χ0n) is 16.5. The fourth-order valence-corrected chi connectivity index (χ4v) is 3.82. The van der Waals surface area contributed by atoms with E-state index in [4.69, 9.17) is 4.74 Å². The van der Waals surface area contributed by atoms with Gasteiger partial charge in [0.15, 0.2) is 5.65 Å². The molecule has 5 rings (SSSR count). The molecule has 2 amide bonds. The first kappa shape index (κ1) is 18.1. The molecule has 0 bridgehead atoms. The normalized spacial score (nSPS) is 13.2. The first-order valence-electron chi connectivity index (χ1n) is 9.51. The van der Waals surface area contributed by atoms with Crippen LogP contribution < -0.4 is 4.74 Å². The number of amides is 2. The van der Waals surface area contributed by atoms with Crippen LogP contribution >= 0.6 is 0 Å². The van der Waals surface area contributed by atoms with Crippen LogP contribution in [0.4, 0.5) is 0 Å². The predicted octanol–water partition coefficient (Wildman–Crippen LogP) is 3.53. The number of imide groups is 1. The minimum atomic E-state index is -0.329. The lowest BCUT2D eigenvalue weighted by Gasteiger charge is -2.13. The molecule has 2 aromatic carbocycles. The van der Waals surface area contributed by atoms with Gasteiger partial charge in [-0.2, -0.15) is 5.10 Å². The van der Waals surface area contributed by atoms with Crippen molar-refractivity contribution < 1.29 is 14.3 Å². The van der Waals surface area contributed by atoms with Crippen molar-refractivity contribution in [3.05, 3.63) is 83.2 Å². The summed E-state index contributed by atoms with van der Waals surface area (Å²) in [7, 11) is 1.61. The molecule has 1 aliphatic heterocycles. The van der Waals surface area contributed by atoms with E-state index in [9.17, 15) is 9.59 Å². The summed E-state index contributed by atoms with van der Waals surface area (Å²) in [4.78, 5) is 31.9. The monoisotopic (exact) mass is 398 g/mol. The van der Waals surface area contributed by atoms with Gasteiger partial charge in [-0.25, -0.2) is 9.67 Å². The number of aryl methyl sites for hydroxylation is 1. The fourth-order valence-electron chi connectivity index (χ4n) is 3.82. The number of fused-ring (bicyclic) bond motifs is 3. The van der Waals surface area contributed by atoms with Crippen molar-refractivity contribution in [2.24, 2.45) is 0 Å². The predicted molar refractivity (Wildman–Crippen MR) is 111 cm³/mol. The molecule has 0 saturated heterocycles. The Morgan fingerprint density at radius 2 is 1.70 bits per heavy atom. The minimum absolute atomic E-state index is 0.223. The lowest BCUT2D eigenvalue weighted by molar-refractivity contribution is 0.0643. The third-order valence-electron chi connectivity index (χ3n) is 5.31. The summed E-state index contributed by atoms with van der Waals surface area (Å²) in [5.41, 5.74) is 3.56. The van der Waals surface area contributed by atoms with E-state index in [0.717, 1.165) is 17.0 Å². The Hall–Kier alpha value is -4.00. The number of carbonyl (C=O) groups excluding carboxylic acids is 2. The third-order valence-corrected chi connectivity index (χ3v) is 5.31. The van der Waals surface area contributed by atoms with Crippen molar-refractivity contribution in [2.75, 3.05) is 7.11 Å². The standard InChI is InChI=1S/C23H18N4O3/c1-14-19-20-18(22(28)26(23(20)29)13-15-6-4-3-5-7-15)12-24-21(19)27(25-14)16-8-10-17(30-2)11-9-16/h3-12H,13H2,1-2H3. The second-order valence-corrected chi connectivity index (χ2v) is 7.12. The van der Waals surface area contributed by atoms with E-state index in [1.54, 1.807) is 11.8 Å². The number of methoxy groups -OCH3 is 1. The van der Waals surface area contributed by atoms with Crippen LogP contribution in [0.15, 0.2) is 60.8 Å². The lowest BCUT2D eigenvalue weighted by atomic mass is 10.1. The van der Waals surface area contributed by atoms with E-state index < -0.39 is 0 Å². The van der Waals surface area contributed by atoms with Gasteiger partial charge in [0.1, 0.15) is 5.75 Å². The second kappa shape index (κ2) is 6.81. The van der Waals surface area contributed by atoms with Gasteiger partial charge < -0.3 is 4.74 Å². The Labute approximate surface area is 172 Å². The minimum Gasteiger partial charge on any atom is -0.497 e. The molecule has 0 atom stereocenters. The van der Waals surface area contributed by atoms with Crippen molar-refractivity contribution in [3.8, 4) is 11.4 Å². The van der Waals surface area contributed by atoms with E-state index in [0.29, 0.717) is 27.9 Å². The summed E-state index contributed by atoms with van der Waals surface area (Å²) in [5.74, 6) is 0.0894. The Balaban J connectivity index is 1.61. The van der Waals surface area contributed by atoms with E-state index in [-0.39, 0.29) is 18.4 Å². The maximum Gasteiger partial charge on any atom is 0.263 e. The van der Waals surface area contributed by atoms with E-state index in [2.05, 4.69) is 10.1 Å². The van der Waals surface area contributed by atoms with Crippen molar-refractivity contribution in [2.45, 2.75) is 13.5 Å². The first-order chi connectivity index (χ1) is 14.6. The summed E-state index contributed by atoms with van der Waals surface area (Å²) < 4.78 is 6.89. The average molecular weight is 398 g/mol. The lowest BCUT2D eigenvalue weighted by Crippen LogP contribution is -2.29. The van der Waals surface area contributed by atoms with Crippen LogP contribution in [-0.2, 0) is 6.54 Å². The van der Waals surface area contributed by atoms with E-state index in [1.807, 2.05) is 61.5 Å². The summed E-state index contributed by atoms with van der Waals surface area (Å²) in [6.07, 6.45) is 1.48. The van der Waals surface area contributed by atoms with Crippen molar-refractivity contribution in [3.63, 3.8) is 0 Å². The molecule has 4 aromatic rings. The summed E-state index contributed by atoms with van der Waals surface area (Å²) in [5, 5.41) is 5.20. The van der Waals surface area contributed by atoms with Crippen LogP contribution in [0.25, 0.3) is 16.7 Å². The molecule has 2 aromatic heterocycles. The first-order valence-corrected chi connectivity index (χ1v) is 9.51. The van der Waals surface area contributed by atoms with Gasteiger partial charge in [0.2, 0.25) is 0 Å². The number of pyridine rings is 1. The summed E-state index contributed by atoms with van der Waals surface area (Å²) >= 11 is 0.